The molecule has 0 aromatic heterocycles. The monoisotopic (exact) mass is 398 g/mol. The molecule has 0 aliphatic rings. The van der Waals surface area contributed by atoms with Crippen molar-refractivity contribution < 1.29 is 24.9 Å². The van der Waals surface area contributed by atoms with Crippen LogP contribution in [0.25, 0.3) is 28.0 Å². The summed E-state index contributed by atoms with van der Waals surface area (Å²) in [5.74, 6) is 0.466. The van der Waals surface area contributed by atoms with Crippen molar-refractivity contribution in [3.05, 3.63) is 90.5 Å². The Hall–Kier alpha value is -4.25. The van der Waals surface area contributed by atoms with Crippen molar-refractivity contribution in [1.29, 1.82) is 0 Å². The Morgan fingerprint density at radius 2 is 1.60 bits per heavy atom. The minimum Gasteiger partial charge on any atom is -0.508 e. The van der Waals surface area contributed by atoms with Crippen LogP contribution in [-0.4, -0.2) is 21.3 Å². The zero-order chi connectivity index (χ0) is 21.1. The molecular weight excluding hydrogens is 380 g/mol. The lowest BCUT2D eigenvalue weighted by atomic mass is 9.99. The van der Waals surface area contributed by atoms with Crippen LogP contribution in [0.5, 0.6) is 23.0 Å². The molecule has 0 fully saturated rings. The van der Waals surface area contributed by atoms with Crippen molar-refractivity contribution in [3.63, 3.8) is 0 Å². The molecule has 0 saturated carbocycles. The largest absolute Gasteiger partial charge is 0.508 e. The van der Waals surface area contributed by atoms with Crippen molar-refractivity contribution in [2.45, 2.75) is 0 Å². The van der Waals surface area contributed by atoms with Gasteiger partial charge in [-0.25, -0.2) is 4.79 Å². The van der Waals surface area contributed by atoms with E-state index in [1.54, 1.807) is 60.7 Å². The summed E-state index contributed by atoms with van der Waals surface area (Å²) >= 11 is 0. The number of benzene rings is 4. The van der Waals surface area contributed by atoms with Gasteiger partial charge < -0.3 is 20.1 Å². The standard InChI is InChI=1S/C25H18O5/c26-19-3-1-2-17(14-19)22-11-7-18-15-20(27)8-12-23(18)25(22)30-21-9-4-16(5-10-21)6-13-24(28)29/h1-15,26-27H,(H,28,29)/b13-6+. The topological polar surface area (TPSA) is 87.0 Å². The number of phenols is 2. The molecule has 30 heavy (non-hydrogen) atoms. The smallest absolute Gasteiger partial charge is 0.328 e. The number of fused-ring (bicyclic) bond motifs is 1. The number of hydrogen-bond acceptors (Lipinski definition) is 4. The minimum absolute atomic E-state index is 0.152. The average Bonchev–Trinajstić information content (AvgIpc) is 2.73. The third-order valence-electron chi connectivity index (χ3n) is 4.63. The number of rotatable bonds is 5. The molecule has 0 aliphatic heterocycles. The van der Waals surface area contributed by atoms with E-state index in [0.717, 1.165) is 33.5 Å². The van der Waals surface area contributed by atoms with E-state index < -0.39 is 5.97 Å². The van der Waals surface area contributed by atoms with Gasteiger partial charge >= 0.3 is 5.97 Å². The van der Waals surface area contributed by atoms with Crippen LogP contribution in [0.1, 0.15) is 5.56 Å². The quantitative estimate of drug-likeness (QED) is 0.369. The molecule has 0 unspecified atom stereocenters. The summed E-state index contributed by atoms with van der Waals surface area (Å²) in [7, 11) is 0. The van der Waals surface area contributed by atoms with Gasteiger partial charge in [-0.3, -0.25) is 0 Å². The molecule has 0 atom stereocenters. The highest BCUT2D eigenvalue weighted by Gasteiger charge is 2.13. The lowest BCUT2D eigenvalue weighted by molar-refractivity contribution is -0.131. The van der Waals surface area contributed by atoms with Gasteiger partial charge in [-0.15, -0.1) is 0 Å². The SMILES string of the molecule is O=C(O)/C=C/c1ccc(Oc2c(-c3cccc(O)c3)ccc3cc(O)ccc23)cc1. The first kappa shape index (κ1) is 19.1. The van der Waals surface area contributed by atoms with E-state index >= 15 is 0 Å². The summed E-state index contributed by atoms with van der Waals surface area (Å²) in [6.07, 6.45) is 2.58. The fourth-order valence-electron chi connectivity index (χ4n) is 3.23. The molecule has 0 heterocycles. The van der Waals surface area contributed by atoms with Gasteiger partial charge in [0.05, 0.1) is 0 Å². The predicted molar refractivity (Wildman–Crippen MR) is 116 cm³/mol. The number of carboxylic acid groups (broad SMARTS) is 1. The van der Waals surface area contributed by atoms with Crippen molar-refractivity contribution in [3.8, 4) is 34.1 Å². The van der Waals surface area contributed by atoms with Crippen molar-refractivity contribution in [2.75, 3.05) is 0 Å². The number of carboxylic acids is 1. The van der Waals surface area contributed by atoms with Gasteiger partial charge in [-0.05, 0) is 71.1 Å². The van der Waals surface area contributed by atoms with Crippen LogP contribution in [-0.2, 0) is 4.79 Å². The summed E-state index contributed by atoms with van der Waals surface area (Å²) in [6, 6.07) is 22.8. The van der Waals surface area contributed by atoms with Crippen LogP contribution in [0.4, 0.5) is 0 Å². The number of carbonyl (C=O) groups is 1. The normalized spacial score (nSPS) is 11.1. The third kappa shape index (κ3) is 4.10. The van der Waals surface area contributed by atoms with Crippen LogP contribution in [0.15, 0.2) is 84.9 Å². The minimum atomic E-state index is -1.01. The zero-order valence-electron chi connectivity index (χ0n) is 15.8. The second kappa shape index (κ2) is 8.01. The van der Waals surface area contributed by atoms with Crippen LogP contribution in [0.2, 0.25) is 0 Å². The fourth-order valence-corrected chi connectivity index (χ4v) is 3.23. The fraction of sp³-hybridized carbons (Fsp3) is 0. The Morgan fingerprint density at radius 1 is 0.833 bits per heavy atom. The molecular formula is C25H18O5. The van der Waals surface area contributed by atoms with E-state index in [1.807, 2.05) is 18.2 Å². The lowest BCUT2D eigenvalue weighted by Crippen LogP contribution is -1.91. The highest BCUT2D eigenvalue weighted by atomic mass is 16.5. The van der Waals surface area contributed by atoms with E-state index in [4.69, 9.17) is 9.84 Å². The number of aromatic hydroxyl groups is 2. The molecule has 5 heteroatoms. The van der Waals surface area contributed by atoms with Crippen LogP contribution in [0, 0.1) is 0 Å². The van der Waals surface area contributed by atoms with Crippen molar-refractivity contribution >= 4 is 22.8 Å². The molecule has 5 nitrogen and oxygen atoms in total. The van der Waals surface area contributed by atoms with Crippen LogP contribution >= 0.6 is 0 Å². The summed E-state index contributed by atoms with van der Waals surface area (Å²) in [5, 5.41) is 30.1. The maximum atomic E-state index is 10.7. The zero-order valence-corrected chi connectivity index (χ0v) is 15.8. The van der Waals surface area contributed by atoms with Gasteiger partial charge in [0.25, 0.3) is 0 Å². The Bertz CT molecular complexity index is 1260. The maximum Gasteiger partial charge on any atom is 0.328 e. The predicted octanol–water partition coefficient (Wildman–Crippen LogP) is 5.81. The molecule has 4 rings (SSSR count). The average molecular weight is 398 g/mol. The highest BCUT2D eigenvalue weighted by Crippen LogP contribution is 2.41. The van der Waals surface area contributed by atoms with E-state index in [1.165, 1.54) is 6.08 Å². The number of phenolic OH excluding ortho intramolecular Hbond substituents is 2. The van der Waals surface area contributed by atoms with Gasteiger partial charge in [-0.1, -0.05) is 30.3 Å². The first-order valence-electron chi connectivity index (χ1n) is 9.24. The summed E-state index contributed by atoms with van der Waals surface area (Å²) < 4.78 is 6.23. The third-order valence-corrected chi connectivity index (χ3v) is 4.63. The molecule has 0 spiro atoms. The Morgan fingerprint density at radius 3 is 2.33 bits per heavy atom. The number of aliphatic carboxylic acids is 1. The molecule has 0 saturated heterocycles. The van der Waals surface area contributed by atoms with Gasteiger partial charge in [-0.2, -0.15) is 0 Å². The van der Waals surface area contributed by atoms with Gasteiger partial charge in [0.2, 0.25) is 0 Å². The van der Waals surface area contributed by atoms with E-state index in [-0.39, 0.29) is 11.5 Å². The van der Waals surface area contributed by atoms with Gasteiger partial charge in [0, 0.05) is 17.0 Å². The second-order valence-electron chi connectivity index (χ2n) is 6.74. The first-order valence-corrected chi connectivity index (χ1v) is 9.24. The van der Waals surface area contributed by atoms with Crippen LogP contribution < -0.4 is 4.74 Å². The number of hydrogen-bond donors (Lipinski definition) is 3. The summed E-state index contributed by atoms with van der Waals surface area (Å²) in [5.41, 5.74) is 2.32. The molecule has 0 bridgehead atoms. The molecule has 3 N–H and O–H groups in total. The second-order valence-corrected chi connectivity index (χ2v) is 6.74. The molecule has 0 radical (unpaired) electrons. The summed E-state index contributed by atoms with van der Waals surface area (Å²) in [4.78, 5) is 10.7. The van der Waals surface area contributed by atoms with Crippen LogP contribution in [0.3, 0.4) is 0 Å². The number of ether oxygens (including phenoxy) is 1. The van der Waals surface area contributed by atoms with Crippen molar-refractivity contribution in [2.24, 2.45) is 0 Å². The van der Waals surface area contributed by atoms with E-state index in [0.29, 0.717) is 11.5 Å². The molecule has 0 amide bonds. The molecule has 4 aromatic carbocycles. The van der Waals surface area contributed by atoms with E-state index in [2.05, 4.69) is 0 Å². The van der Waals surface area contributed by atoms with Gasteiger partial charge in [0.15, 0.2) is 0 Å². The molecule has 0 aliphatic carbocycles. The van der Waals surface area contributed by atoms with E-state index in [9.17, 15) is 15.0 Å². The first-order chi connectivity index (χ1) is 14.5. The maximum absolute atomic E-state index is 10.7. The van der Waals surface area contributed by atoms with Gasteiger partial charge in [0.1, 0.15) is 23.0 Å². The Balaban J connectivity index is 1.79. The highest BCUT2D eigenvalue weighted by molar-refractivity contribution is 5.96. The Kier molecular flexibility index (Phi) is 5.09. The van der Waals surface area contributed by atoms with Crippen molar-refractivity contribution in [1.82, 2.24) is 0 Å². The summed E-state index contributed by atoms with van der Waals surface area (Å²) in [6.45, 7) is 0. The molecule has 148 valence electrons. The lowest BCUT2D eigenvalue weighted by Gasteiger charge is -2.15. The Labute approximate surface area is 172 Å². The molecule has 4 aromatic rings.